The molecule has 3 amide bonds. The number of ether oxygens (including phenoxy) is 1. The molecule has 0 spiro atoms. The van der Waals surface area contributed by atoms with Crippen molar-refractivity contribution in [1.82, 2.24) is 24.6 Å². The maximum atomic E-state index is 14.2. The van der Waals surface area contributed by atoms with Crippen LogP contribution in [-0.4, -0.2) is 92.0 Å². The Morgan fingerprint density at radius 2 is 1.89 bits per heavy atom. The maximum Gasteiger partial charge on any atom is 0.488 e. The molecule has 2 N–H and O–H groups in total. The van der Waals surface area contributed by atoms with Crippen molar-refractivity contribution >= 4 is 28.6 Å². The number of rotatable bonds is 4. The summed E-state index contributed by atoms with van der Waals surface area (Å²) >= 11 is 0. The highest BCUT2D eigenvalue weighted by molar-refractivity contribution is 5.97. The van der Waals surface area contributed by atoms with E-state index in [1.807, 2.05) is 48.3 Å². The molecule has 10 nitrogen and oxygen atoms in total. The Morgan fingerprint density at radius 1 is 1.13 bits per heavy atom. The maximum absolute atomic E-state index is 14.2. The number of nitrogens with one attached hydrogen (secondary N) is 1. The zero-order valence-electron chi connectivity index (χ0n) is 26.0. The van der Waals surface area contributed by atoms with Crippen LogP contribution in [0.3, 0.4) is 0 Å². The number of carbonyl (C=O) groups is 3. The zero-order valence-corrected chi connectivity index (χ0v) is 26.0. The highest BCUT2D eigenvalue weighted by atomic mass is 19.4. The summed E-state index contributed by atoms with van der Waals surface area (Å²) in [5.41, 5.74) is 0.369. The number of hydrogen-bond donors (Lipinski definition) is 2. The van der Waals surface area contributed by atoms with Crippen LogP contribution in [0.25, 0.3) is 10.9 Å². The first-order chi connectivity index (χ1) is 22.3. The first kappa shape index (κ1) is 30.4. The minimum atomic E-state index is -4.56. The summed E-state index contributed by atoms with van der Waals surface area (Å²) in [7, 11) is 1.86. The number of carbonyl (C=O) groups excluding carboxylic acids is 3. The number of piperazine rings is 1. The van der Waals surface area contributed by atoms with Gasteiger partial charge < -0.3 is 20.2 Å². The molecule has 7 atom stereocenters. The number of aromatic nitrogens is 1. The van der Waals surface area contributed by atoms with Gasteiger partial charge in [-0.25, -0.2) is 0 Å². The molecule has 4 fully saturated rings. The summed E-state index contributed by atoms with van der Waals surface area (Å²) in [6.45, 7) is 2.17. The second-order valence-corrected chi connectivity index (χ2v) is 13.8. The molecule has 2 aromatic carbocycles. The normalized spacial score (nSPS) is 33.6. The van der Waals surface area contributed by atoms with Gasteiger partial charge in [-0.1, -0.05) is 42.5 Å². The van der Waals surface area contributed by atoms with Gasteiger partial charge in [0.2, 0.25) is 17.5 Å². The summed E-state index contributed by atoms with van der Waals surface area (Å²) in [5, 5.41) is 15.4. The highest BCUT2D eigenvalue weighted by Gasteiger charge is 2.70. The third kappa shape index (κ3) is 4.46. The SMILES string of the molecule is CN1CC(C(=O)N[C@]2(C)O[C@@]3(O)[C@@H]4CCCN4C(=O)[C@H](Cc4ccccc4)N3C2=O)C[C@@H]2c3cccc4c3c(cn4C(F)(F)F)C[C@H]21. The van der Waals surface area contributed by atoms with Crippen LogP contribution in [0.4, 0.5) is 13.2 Å². The molecule has 47 heavy (non-hydrogen) atoms. The van der Waals surface area contributed by atoms with Gasteiger partial charge in [-0.15, -0.1) is 13.2 Å². The zero-order chi connectivity index (χ0) is 33.0. The summed E-state index contributed by atoms with van der Waals surface area (Å²) in [6.07, 6.45) is -1.34. The van der Waals surface area contributed by atoms with Gasteiger partial charge in [0, 0.05) is 43.1 Å². The van der Waals surface area contributed by atoms with E-state index in [4.69, 9.17) is 4.74 Å². The van der Waals surface area contributed by atoms with Crippen molar-refractivity contribution in [1.29, 1.82) is 0 Å². The van der Waals surface area contributed by atoms with Crippen molar-refractivity contribution in [2.75, 3.05) is 20.1 Å². The van der Waals surface area contributed by atoms with Crippen molar-refractivity contribution in [3.8, 4) is 0 Å². The monoisotopic (exact) mass is 651 g/mol. The van der Waals surface area contributed by atoms with Crippen LogP contribution in [0.5, 0.6) is 0 Å². The molecule has 1 aromatic heterocycles. The van der Waals surface area contributed by atoms with E-state index in [2.05, 4.69) is 5.32 Å². The Bertz CT molecular complexity index is 1800. The lowest BCUT2D eigenvalue weighted by Gasteiger charge is -2.48. The minimum Gasteiger partial charge on any atom is -0.347 e. The number of amides is 3. The van der Waals surface area contributed by atoms with Crippen molar-refractivity contribution in [2.24, 2.45) is 5.92 Å². The molecule has 248 valence electrons. The van der Waals surface area contributed by atoms with Crippen LogP contribution in [0.2, 0.25) is 0 Å². The molecular weight excluding hydrogens is 615 g/mol. The molecule has 0 saturated carbocycles. The number of nitrogens with zero attached hydrogens (tertiary/aromatic N) is 4. The average Bonchev–Trinajstić information content (AvgIpc) is 3.72. The highest BCUT2D eigenvalue weighted by Crippen LogP contribution is 2.48. The van der Waals surface area contributed by atoms with E-state index in [1.165, 1.54) is 19.2 Å². The quantitative estimate of drug-likeness (QED) is 0.450. The molecule has 1 unspecified atom stereocenters. The fraction of sp³-hybridized carbons (Fsp3) is 0.500. The van der Waals surface area contributed by atoms with Crippen LogP contribution in [0.1, 0.15) is 48.8 Å². The van der Waals surface area contributed by atoms with Gasteiger partial charge >= 0.3 is 6.30 Å². The van der Waals surface area contributed by atoms with Crippen molar-refractivity contribution in [3.05, 3.63) is 71.4 Å². The summed E-state index contributed by atoms with van der Waals surface area (Å²) in [4.78, 5) is 46.7. The van der Waals surface area contributed by atoms with E-state index in [0.29, 0.717) is 54.3 Å². The third-order valence-electron chi connectivity index (χ3n) is 11.0. The van der Waals surface area contributed by atoms with E-state index in [1.54, 1.807) is 11.0 Å². The van der Waals surface area contributed by atoms with Crippen LogP contribution >= 0.6 is 0 Å². The number of likely N-dealkylation sites (N-methyl/N-ethyl adjacent to an activating group) is 1. The average molecular weight is 652 g/mol. The largest absolute Gasteiger partial charge is 0.488 e. The van der Waals surface area contributed by atoms with E-state index in [-0.39, 0.29) is 29.8 Å². The number of benzene rings is 2. The lowest BCUT2D eigenvalue weighted by Crippen LogP contribution is -2.71. The van der Waals surface area contributed by atoms with Crippen LogP contribution in [-0.2, 0) is 38.3 Å². The fourth-order valence-corrected chi connectivity index (χ4v) is 8.96. The van der Waals surface area contributed by atoms with Gasteiger partial charge in [0.1, 0.15) is 12.1 Å². The van der Waals surface area contributed by atoms with E-state index < -0.39 is 47.8 Å². The van der Waals surface area contributed by atoms with Gasteiger partial charge in [-0.2, -0.15) is 0 Å². The molecule has 0 bridgehead atoms. The molecule has 5 heterocycles. The molecule has 0 radical (unpaired) electrons. The smallest absolute Gasteiger partial charge is 0.347 e. The number of halogens is 3. The van der Waals surface area contributed by atoms with E-state index in [0.717, 1.165) is 16.0 Å². The van der Waals surface area contributed by atoms with Crippen LogP contribution < -0.4 is 5.32 Å². The number of aliphatic hydroxyl groups is 1. The molecule has 4 aliphatic heterocycles. The lowest BCUT2D eigenvalue weighted by atomic mass is 9.72. The van der Waals surface area contributed by atoms with Crippen LogP contribution in [0.15, 0.2) is 54.7 Å². The Kier molecular flexibility index (Phi) is 6.65. The Hall–Kier alpha value is -3.94. The number of hydrogen-bond acceptors (Lipinski definition) is 6. The number of likely N-dealkylation sites (tertiary alicyclic amines) is 1. The van der Waals surface area contributed by atoms with Gasteiger partial charge in [-0.05, 0) is 62.4 Å². The summed E-state index contributed by atoms with van der Waals surface area (Å²) in [6, 6.07) is 12.3. The number of alkyl halides is 3. The Balaban J connectivity index is 1.08. The van der Waals surface area contributed by atoms with Gasteiger partial charge in [0.25, 0.3) is 11.8 Å². The second-order valence-electron chi connectivity index (χ2n) is 13.8. The lowest BCUT2D eigenvalue weighted by molar-refractivity contribution is -0.315. The number of piperidine rings is 1. The molecule has 13 heteroatoms. The molecule has 8 rings (SSSR count). The molecular formula is C34H36F3N5O5. The second kappa shape index (κ2) is 10.3. The minimum absolute atomic E-state index is 0.0978. The summed E-state index contributed by atoms with van der Waals surface area (Å²) in [5.74, 6) is -4.38. The first-order valence-electron chi connectivity index (χ1n) is 16.1. The standard InChI is InChI=1S/C34H36F3N5O5/c1-32(31(45)42-26(14-19-8-4-3-5-9-19)30(44)40-13-7-12-27(40)33(42,46)47-32)38-29(43)21-15-23-22-10-6-11-24-28(22)20(16-25(23)39(2)17-21)18-41(24)34(35,36)37/h3-6,8-11,18,21,23,25-27,46H,7,12-17H2,1-2H3,(H,38,43)/t21?,23-,25-,26+,27+,32-,33+/m1/s1. The predicted octanol–water partition coefficient (Wildman–Crippen LogP) is 3.03. The topological polar surface area (TPSA) is 107 Å². The van der Waals surface area contributed by atoms with Gasteiger partial charge in [0.15, 0.2) is 0 Å². The van der Waals surface area contributed by atoms with Gasteiger partial charge in [0.05, 0.1) is 11.4 Å². The summed E-state index contributed by atoms with van der Waals surface area (Å²) < 4.78 is 48.2. The molecule has 1 aliphatic carbocycles. The Labute approximate surface area is 269 Å². The van der Waals surface area contributed by atoms with Crippen LogP contribution in [0, 0.1) is 5.92 Å². The first-order valence-corrected chi connectivity index (χ1v) is 16.1. The van der Waals surface area contributed by atoms with E-state index in [9.17, 15) is 32.7 Å². The third-order valence-corrected chi connectivity index (χ3v) is 11.0. The Morgan fingerprint density at radius 3 is 2.64 bits per heavy atom. The van der Waals surface area contributed by atoms with Crippen molar-refractivity contribution in [3.63, 3.8) is 0 Å². The van der Waals surface area contributed by atoms with Gasteiger partial charge in [-0.3, -0.25) is 28.6 Å². The van der Waals surface area contributed by atoms with Crippen molar-refractivity contribution < 1.29 is 37.4 Å². The molecule has 4 saturated heterocycles. The predicted molar refractivity (Wildman–Crippen MR) is 162 cm³/mol. The number of fused-ring (bicyclic) bond motifs is 5. The molecule has 3 aromatic rings. The van der Waals surface area contributed by atoms with E-state index >= 15 is 0 Å². The fourth-order valence-electron chi connectivity index (χ4n) is 8.96. The van der Waals surface area contributed by atoms with Crippen molar-refractivity contribution in [2.45, 2.75) is 81.0 Å². The molecule has 5 aliphatic rings.